The number of hydrogen-bond donors (Lipinski definition) is 0. The molecule has 0 unspecified atom stereocenters. The van der Waals surface area contributed by atoms with E-state index in [4.69, 9.17) is 19.4 Å². The number of benzene rings is 4. The minimum absolute atomic E-state index is 0.558. The molecule has 6 rings (SSSR count). The Morgan fingerprint density at radius 1 is 0.658 bits per heavy atom. The van der Waals surface area contributed by atoms with Gasteiger partial charge in [0.25, 0.3) is 0 Å². The van der Waals surface area contributed by atoms with Crippen molar-refractivity contribution in [2.75, 3.05) is 7.05 Å². The van der Waals surface area contributed by atoms with E-state index in [2.05, 4.69) is 29.8 Å². The lowest BCUT2D eigenvalue weighted by atomic mass is 9.97. The van der Waals surface area contributed by atoms with Crippen LogP contribution in [0.2, 0.25) is 0 Å². The number of aromatic nitrogens is 3. The third kappa shape index (κ3) is 4.31. The van der Waals surface area contributed by atoms with Crippen LogP contribution in [0.5, 0.6) is 0 Å². The molecule has 182 valence electrons. The van der Waals surface area contributed by atoms with E-state index in [-0.39, 0.29) is 0 Å². The van der Waals surface area contributed by atoms with Crippen LogP contribution in [0.25, 0.3) is 62.3 Å². The molecule has 2 aromatic heterocycles. The molecule has 0 fully saturated rings. The summed E-state index contributed by atoms with van der Waals surface area (Å²) in [6.07, 6.45) is 3.51. The molecule has 0 N–H and O–H groups in total. The highest BCUT2D eigenvalue weighted by atomic mass is 16.3. The van der Waals surface area contributed by atoms with Gasteiger partial charge in [-0.15, -0.1) is 0 Å². The van der Waals surface area contributed by atoms with Crippen molar-refractivity contribution in [1.29, 1.82) is 0 Å². The molecule has 2 heterocycles. The van der Waals surface area contributed by atoms with Crippen LogP contribution in [0, 0.1) is 0 Å². The van der Waals surface area contributed by atoms with Gasteiger partial charge in [0.05, 0.1) is 0 Å². The van der Waals surface area contributed by atoms with Crippen LogP contribution < -0.4 is 0 Å². The fourth-order valence-corrected chi connectivity index (χ4v) is 4.58. The van der Waals surface area contributed by atoms with Crippen LogP contribution >= 0.6 is 0 Å². The summed E-state index contributed by atoms with van der Waals surface area (Å²) in [5.74, 6) is 2.41. The van der Waals surface area contributed by atoms with Crippen LogP contribution in [0.15, 0.2) is 119 Å². The van der Waals surface area contributed by atoms with Crippen molar-refractivity contribution in [2.24, 2.45) is 4.99 Å². The largest absolute Gasteiger partial charge is 0.456 e. The molecule has 0 aliphatic carbocycles. The van der Waals surface area contributed by atoms with Gasteiger partial charge in [0, 0.05) is 40.9 Å². The lowest BCUT2D eigenvalue weighted by molar-refractivity contribution is 0.604. The molecule has 5 nitrogen and oxygen atoms in total. The van der Waals surface area contributed by atoms with Gasteiger partial charge >= 0.3 is 0 Å². The van der Waals surface area contributed by atoms with Crippen LogP contribution in [0.3, 0.4) is 0 Å². The van der Waals surface area contributed by atoms with Gasteiger partial charge in [0.15, 0.2) is 17.5 Å². The van der Waals surface area contributed by atoms with E-state index >= 15 is 0 Å². The van der Waals surface area contributed by atoms with Crippen molar-refractivity contribution in [3.05, 3.63) is 121 Å². The normalized spacial score (nSPS) is 11.3. The summed E-state index contributed by atoms with van der Waals surface area (Å²) >= 11 is 0. The highest BCUT2D eigenvalue weighted by molar-refractivity contribution is 6.09. The Morgan fingerprint density at radius 3 is 1.71 bits per heavy atom. The average Bonchev–Trinajstić information content (AvgIpc) is 3.35. The topological polar surface area (TPSA) is 64.2 Å². The van der Waals surface area contributed by atoms with Gasteiger partial charge in [-0.05, 0) is 29.3 Å². The first-order valence-corrected chi connectivity index (χ1v) is 12.3. The van der Waals surface area contributed by atoms with Gasteiger partial charge in [0.2, 0.25) is 0 Å². The molecule has 0 spiro atoms. The zero-order valence-electron chi connectivity index (χ0n) is 20.9. The number of hydrogen-bond acceptors (Lipinski definition) is 5. The monoisotopic (exact) mass is 492 g/mol. The first kappa shape index (κ1) is 23.3. The number of fused-ring (bicyclic) bond motifs is 1. The molecular formula is C33H24N4O. The van der Waals surface area contributed by atoms with Crippen molar-refractivity contribution >= 4 is 23.3 Å². The summed E-state index contributed by atoms with van der Waals surface area (Å²) in [5, 5.41) is 0.884. The Balaban J connectivity index is 1.70. The van der Waals surface area contributed by atoms with Crippen LogP contribution in [0.4, 0.5) is 0 Å². The number of rotatable bonds is 6. The second-order valence-electron chi connectivity index (χ2n) is 8.77. The minimum Gasteiger partial charge on any atom is -0.456 e. The van der Waals surface area contributed by atoms with E-state index in [9.17, 15) is 0 Å². The van der Waals surface area contributed by atoms with E-state index in [1.54, 1.807) is 19.3 Å². The van der Waals surface area contributed by atoms with E-state index in [1.807, 2.05) is 84.9 Å². The van der Waals surface area contributed by atoms with Crippen molar-refractivity contribution in [3.8, 4) is 45.3 Å². The Labute approximate surface area is 220 Å². The Morgan fingerprint density at radius 2 is 1.18 bits per heavy atom. The molecule has 0 saturated carbocycles. The first-order valence-electron chi connectivity index (χ1n) is 12.3. The number of nitrogens with zero attached hydrogens (tertiary/aromatic N) is 4. The molecule has 0 aliphatic rings. The maximum atomic E-state index is 6.27. The number of furan rings is 1. The highest BCUT2D eigenvalue weighted by Gasteiger charge is 2.21. The Kier molecular flexibility index (Phi) is 6.16. The van der Waals surface area contributed by atoms with Crippen molar-refractivity contribution in [3.63, 3.8) is 0 Å². The van der Waals surface area contributed by atoms with Gasteiger partial charge in [-0.25, -0.2) is 15.0 Å². The van der Waals surface area contributed by atoms with Gasteiger partial charge in [-0.1, -0.05) is 97.6 Å². The maximum absolute atomic E-state index is 6.27. The van der Waals surface area contributed by atoms with Crippen molar-refractivity contribution in [2.45, 2.75) is 0 Å². The van der Waals surface area contributed by atoms with E-state index in [1.165, 1.54) is 0 Å². The molecule has 0 bridgehead atoms. The summed E-state index contributed by atoms with van der Waals surface area (Å²) in [6.45, 7) is 3.96. The van der Waals surface area contributed by atoms with Gasteiger partial charge in [0.1, 0.15) is 11.3 Å². The Hall–Kier alpha value is -5.16. The summed E-state index contributed by atoms with van der Waals surface area (Å²) in [5.41, 5.74) is 6.30. The molecule has 38 heavy (non-hydrogen) atoms. The maximum Gasteiger partial charge on any atom is 0.164 e. The van der Waals surface area contributed by atoms with E-state index < -0.39 is 0 Å². The molecule has 0 aliphatic heterocycles. The molecule has 0 radical (unpaired) electrons. The predicted octanol–water partition coefficient (Wildman–Crippen LogP) is 7.98. The average molecular weight is 493 g/mol. The zero-order chi connectivity index (χ0) is 25.9. The minimum atomic E-state index is 0.558. The van der Waals surface area contributed by atoms with Gasteiger partial charge in [-0.3, -0.25) is 4.99 Å². The SMILES string of the molecule is C=Cc1oc2cc(-c3ccccc3)cc(-c3nc(-c4ccccc4)nc(-c4ccccc4)n3)c2c1C=NC. The smallest absolute Gasteiger partial charge is 0.164 e. The lowest BCUT2D eigenvalue weighted by Gasteiger charge is -2.11. The van der Waals surface area contributed by atoms with Crippen LogP contribution in [-0.4, -0.2) is 28.2 Å². The fraction of sp³-hybridized carbons (Fsp3) is 0.0303. The molecule has 0 amide bonds. The molecule has 0 saturated heterocycles. The molecule has 4 aromatic carbocycles. The summed E-state index contributed by atoms with van der Waals surface area (Å²) < 4.78 is 6.27. The lowest BCUT2D eigenvalue weighted by Crippen LogP contribution is -2.01. The molecule has 6 aromatic rings. The standard InChI is InChI=1S/C33H24N4O/c1-3-28-27(21-34-2)30-26(19-25(20-29(30)38-28)22-13-7-4-8-14-22)33-36-31(23-15-9-5-10-16-23)35-32(37-33)24-17-11-6-12-18-24/h3-21H,1H2,2H3. The number of aliphatic imine (C=N–C) groups is 1. The third-order valence-electron chi connectivity index (χ3n) is 6.35. The summed E-state index contributed by atoms with van der Waals surface area (Å²) in [7, 11) is 1.74. The zero-order valence-corrected chi connectivity index (χ0v) is 20.9. The quantitative estimate of drug-likeness (QED) is 0.221. The second kappa shape index (κ2) is 10.1. The van der Waals surface area contributed by atoms with E-state index in [0.717, 1.165) is 38.8 Å². The van der Waals surface area contributed by atoms with Crippen LogP contribution in [-0.2, 0) is 0 Å². The van der Waals surface area contributed by atoms with Crippen molar-refractivity contribution < 1.29 is 4.42 Å². The third-order valence-corrected chi connectivity index (χ3v) is 6.35. The summed E-state index contributed by atoms with van der Waals surface area (Å²) in [6, 6.07) is 34.3. The summed E-state index contributed by atoms with van der Waals surface area (Å²) in [4.78, 5) is 19.1. The first-order chi connectivity index (χ1) is 18.7. The van der Waals surface area contributed by atoms with Gasteiger partial charge < -0.3 is 4.42 Å². The molecule has 0 atom stereocenters. The molecule has 5 heteroatoms. The van der Waals surface area contributed by atoms with E-state index in [0.29, 0.717) is 28.8 Å². The van der Waals surface area contributed by atoms with Gasteiger partial charge in [-0.2, -0.15) is 0 Å². The fourth-order valence-electron chi connectivity index (χ4n) is 4.58. The predicted molar refractivity (Wildman–Crippen MR) is 155 cm³/mol. The van der Waals surface area contributed by atoms with Crippen molar-refractivity contribution in [1.82, 2.24) is 15.0 Å². The van der Waals surface area contributed by atoms with Crippen LogP contribution in [0.1, 0.15) is 11.3 Å². The highest BCUT2D eigenvalue weighted by Crippen LogP contribution is 2.38. The second-order valence-corrected chi connectivity index (χ2v) is 8.77. The Bertz CT molecular complexity index is 1720. The molecular weight excluding hydrogens is 468 g/mol.